The Labute approximate surface area is 121 Å². The highest BCUT2D eigenvalue weighted by molar-refractivity contribution is 7.10. The fraction of sp³-hybridized carbons (Fsp3) is 1.00. The monoisotopic (exact) mass is 314 g/mol. The van der Waals surface area contributed by atoms with Gasteiger partial charge in [0.25, 0.3) is 0 Å². The molecule has 0 aromatic rings. The molecule has 0 radical (unpaired) electrons. The van der Waals surface area contributed by atoms with Gasteiger partial charge in [-0.3, -0.25) is 0 Å². The van der Waals surface area contributed by atoms with Crippen LogP contribution >= 0.6 is 18.9 Å². The van der Waals surface area contributed by atoms with E-state index in [-0.39, 0.29) is 24.4 Å². The van der Waals surface area contributed by atoms with Crippen LogP contribution in [0.15, 0.2) is 0 Å². The van der Waals surface area contributed by atoms with E-state index in [2.05, 4.69) is 18.9 Å². The molecule has 0 amide bonds. The van der Waals surface area contributed by atoms with Gasteiger partial charge in [0.2, 0.25) is 0 Å². The quantitative estimate of drug-likeness (QED) is 0.517. The molecule has 0 aliphatic heterocycles. The average molecular weight is 314 g/mol. The van der Waals surface area contributed by atoms with Crippen molar-refractivity contribution in [2.45, 2.75) is 52.1 Å². The van der Waals surface area contributed by atoms with E-state index in [1.165, 1.54) is 0 Å². The lowest BCUT2D eigenvalue weighted by molar-refractivity contribution is -0.0844. The second kappa shape index (κ2) is 12.4. The first-order valence-electron chi connectivity index (χ1n) is 6.51. The van der Waals surface area contributed by atoms with Crippen molar-refractivity contribution in [3.8, 4) is 0 Å². The van der Waals surface area contributed by atoms with Gasteiger partial charge in [0, 0.05) is 18.9 Å². The van der Waals surface area contributed by atoms with E-state index in [4.69, 9.17) is 23.3 Å². The Balaban J connectivity index is 3.57. The van der Waals surface area contributed by atoms with Crippen molar-refractivity contribution < 1.29 is 23.3 Å². The van der Waals surface area contributed by atoms with E-state index in [1.54, 1.807) is 0 Å². The van der Waals surface area contributed by atoms with Crippen molar-refractivity contribution in [3.05, 3.63) is 0 Å². The van der Waals surface area contributed by atoms with Gasteiger partial charge in [-0.25, -0.2) is 0 Å². The highest BCUT2D eigenvalue weighted by Gasteiger charge is 2.11. The zero-order valence-electron chi connectivity index (χ0n) is 12.3. The number of hydrogen-bond donors (Lipinski definition) is 0. The smallest absolute Gasteiger partial charge is 0.0816 e. The summed E-state index contributed by atoms with van der Waals surface area (Å²) in [6.45, 7) is 10.1. The molecule has 6 unspecified atom stereocenters. The molecule has 0 spiro atoms. The number of hydrogen-bond acceptors (Lipinski definition) is 5. The molecule has 0 saturated heterocycles. The van der Waals surface area contributed by atoms with E-state index >= 15 is 0 Å². The third-order valence-corrected chi connectivity index (χ3v) is 3.01. The zero-order valence-corrected chi connectivity index (χ0v) is 14.6. The summed E-state index contributed by atoms with van der Waals surface area (Å²) in [6, 6.07) is 0. The van der Waals surface area contributed by atoms with E-state index in [0.29, 0.717) is 26.4 Å². The van der Waals surface area contributed by atoms with Crippen LogP contribution in [-0.2, 0) is 23.3 Å². The Morgan fingerprint density at radius 2 is 1.32 bits per heavy atom. The molecular weight excluding hydrogens is 286 g/mol. The summed E-state index contributed by atoms with van der Waals surface area (Å²) in [5.74, 6) is 0. The van der Waals surface area contributed by atoms with Crippen LogP contribution in [-0.4, -0.2) is 50.8 Å². The molecule has 6 atom stereocenters. The van der Waals surface area contributed by atoms with Crippen LogP contribution in [0.3, 0.4) is 0 Å². The predicted octanol–water partition coefficient (Wildman–Crippen LogP) is 2.20. The Morgan fingerprint density at radius 1 is 0.737 bits per heavy atom. The summed E-state index contributed by atoms with van der Waals surface area (Å²) in [6.07, 6.45) is 0.206. The Hall–Kier alpha value is 0.660. The lowest BCUT2D eigenvalue weighted by Crippen LogP contribution is -2.28. The molecule has 0 fully saturated rings. The lowest BCUT2D eigenvalue weighted by Gasteiger charge is -2.21. The van der Waals surface area contributed by atoms with Crippen LogP contribution < -0.4 is 0 Å². The summed E-state index contributed by atoms with van der Waals surface area (Å²) in [7, 11) is 4.45. The van der Waals surface area contributed by atoms with E-state index in [9.17, 15) is 0 Å². The average Bonchev–Trinajstić information content (AvgIpc) is 2.36. The molecule has 19 heavy (non-hydrogen) atoms. The summed E-state index contributed by atoms with van der Waals surface area (Å²) in [4.78, 5) is 0. The van der Waals surface area contributed by atoms with Crippen LogP contribution in [0.4, 0.5) is 0 Å². The van der Waals surface area contributed by atoms with Gasteiger partial charge in [0.05, 0.1) is 50.8 Å². The summed E-state index contributed by atoms with van der Waals surface area (Å²) >= 11 is 0. The Bertz CT molecular complexity index is 209. The van der Waals surface area contributed by atoms with Crippen LogP contribution in [0.25, 0.3) is 0 Å². The number of ether oxygens (including phenoxy) is 3. The van der Waals surface area contributed by atoms with Crippen molar-refractivity contribution >= 4 is 18.9 Å². The van der Waals surface area contributed by atoms with Gasteiger partial charge in [0.15, 0.2) is 0 Å². The van der Waals surface area contributed by atoms with E-state index in [0.717, 1.165) is 0 Å². The molecule has 0 aliphatic carbocycles. The summed E-state index contributed by atoms with van der Waals surface area (Å²) in [5, 5.41) is 0. The van der Waals surface area contributed by atoms with Crippen LogP contribution in [0.5, 0.6) is 0 Å². The molecule has 5 nitrogen and oxygen atoms in total. The minimum absolute atomic E-state index is 0.0342. The molecule has 0 saturated carbocycles. The second-order valence-electron chi connectivity index (χ2n) is 4.72. The normalized spacial score (nSPS) is 18.0. The van der Waals surface area contributed by atoms with Gasteiger partial charge in [-0.2, -0.15) is 0 Å². The largest absolute Gasteiger partial charge is 0.376 e. The third-order valence-electron chi connectivity index (χ3n) is 2.35. The van der Waals surface area contributed by atoms with Crippen molar-refractivity contribution in [1.29, 1.82) is 0 Å². The first-order chi connectivity index (χ1) is 8.99. The fourth-order valence-corrected chi connectivity index (χ4v) is 1.75. The van der Waals surface area contributed by atoms with E-state index < -0.39 is 0 Å². The highest BCUT2D eigenvalue weighted by atomic mass is 31.0. The third kappa shape index (κ3) is 12.1. The van der Waals surface area contributed by atoms with Crippen LogP contribution in [0.2, 0.25) is 0 Å². The van der Waals surface area contributed by atoms with Crippen molar-refractivity contribution in [1.82, 2.24) is 0 Å². The topological polar surface area (TPSA) is 46.2 Å². The summed E-state index contributed by atoms with van der Waals surface area (Å²) in [5.41, 5.74) is 0. The maximum Gasteiger partial charge on any atom is 0.0816 e. The minimum atomic E-state index is 0.0342. The van der Waals surface area contributed by atoms with Crippen LogP contribution in [0, 0.1) is 0 Å². The maximum atomic E-state index is 5.67. The standard InChI is InChI=1S/C12H28O5P2/c1-9(5-13-6-12(4)17-19)14-7-10(2)16-11(3)8-15-18/h9-12H,5-8,18-19H2,1-4H3. The first kappa shape index (κ1) is 19.7. The minimum Gasteiger partial charge on any atom is -0.376 e. The lowest BCUT2D eigenvalue weighted by atomic mass is 10.3. The highest BCUT2D eigenvalue weighted by Crippen LogP contribution is 2.04. The van der Waals surface area contributed by atoms with Crippen molar-refractivity contribution in [2.24, 2.45) is 0 Å². The molecule has 0 aliphatic rings. The van der Waals surface area contributed by atoms with Crippen molar-refractivity contribution in [3.63, 3.8) is 0 Å². The molecule has 0 N–H and O–H groups in total. The van der Waals surface area contributed by atoms with Gasteiger partial charge >= 0.3 is 0 Å². The Kier molecular flexibility index (Phi) is 12.8. The maximum absolute atomic E-state index is 5.67. The molecule has 0 bridgehead atoms. The molecule has 116 valence electrons. The molecule has 0 aromatic heterocycles. The summed E-state index contributed by atoms with van der Waals surface area (Å²) < 4.78 is 26.8. The molecule has 0 rings (SSSR count). The second-order valence-corrected chi connectivity index (χ2v) is 5.32. The number of rotatable bonds is 12. The van der Waals surface area contributed by atoms with Crippen LogP contribution in [0.1, 0.15) is 27.7 Å². The molecular formula is C12H28O5P2. The molecule has 0 aromatic carbocycles. The predicted molar refractivity (Wildman–Crippen MR) is 82.2 cm³/mol. The Morgan fingerprint density at radius 3 is 1.89 bits per heavy atom. The van der Waals surface area contributed by atoms with Gasteiger partial charge in [0.1, 0.15) is 0 Å². The first-order valence-corrected chi connectivity index (χ1v) is 7.45. The van der Waals surface area contributed by atoms with Gasteiger partial charge in [-0.05, 0) is 27.7 Å². The zero-order chi connectivity index (χ0) is 14.7. The fourth-order valence-electron chi connectivity index (χ4n) is 1.40. The van der Waals surface area contributed by atoms with E-state index in [1.807, 2.05) is 27.7 Å². The van der Waals surface area contributed by atoms with Crippen molar-refractivity contribution in [2.75, 3.05) is 26.4 Å². The van der Waals surface area contributed by atoms with Gasteiger partial charge in [-0.1, -0.05) is 0 Å². The van der Waals surface area contributed by atoms with Gasteiger partial charge in [-0.15, -0.1) is 0 Å². The SMILES string of the molecule is CC(COCC(C)OCC(C)OC(C)COP)OP. The molecule has 0 heterocycles. The molecule has 7 heteroatoms. The van der Waals surface area contributed by atoms with Gasteiger partial charge < -0.3 is 23.3 Å².